The van der Waals surface area contributed by atoms with Gasteiger partial charge in [0.2, 0.25) is 0 Å². The molecule has 3 aromatic rings. The maximum Gasteiger partial charge on any atom is 0.416 e. The van der Waals surface area contributed by atoms with Gasteiger partial charge in [-0.15, -0.1) is 0 Å². The van der Waals surface area contributed by atoms with Gasteiger partial charge in [-0.1, -0.05) is 6.07 Å². The molecule has 9 nitrogen and oxygen atoms in total. The van der Waals surface area contributed by atoms with Crippen LogP contribution < -0.4 is 16.2 Å². The summed E-state index contributed by atoms with van der Waals surface area (Å²) in [5.41, 5.74) is -0.288. The van der Waals surface area contributed by atoms with Gasteiger partial charge in [-0.05, 0) is 62.0 Å². The second-order valence-corrected chi connectivity index (χ2v) is 9.40. The van der Waals surface area contributed by atoms with E-state index < -0.39 is 29.2 Å². The average molecular weight is 543 g/mol. The standard InChI is InChI=1S/C27H29F3N6O3/c1-17(19-13-20(27(28,29)30)16-21(14-19)31-2)32-25(38)23-7-8-24(37)36(33-23)22-6-4-5-18(15-22)26(39)35-11-9-34(3)10-12-35/h4-8,13-17,31H,9-12H2,1-3H3,(H,32,38)/t17-/m1/s1. The van der Waals surface area contributed by atoms with Crippen LogP contribution in [0.3, 0.4) is 0 Å². The summed E-state index contributed by atoms with van der Waals surface area (Å²) in [7, 11) is 3.49. The van der Waals surface area contributed by atoms with Crippen LogP contribution in [0.4, 0.5) is 18.9 Å². The number of hydrogen-bond acceptors (Lipinski definition) is 6. The zero-order valence-corrected chi connectivity index (χ0v) is 21.7. The number of benzene rings is 2. The molecule has 1 atom stereocenters. The van der Waals surface area contributed by atoms with E-state index in [0.29, 0.717) is 24.3 Å². The Morgan fingerprint density at radius 1 is 1.00 bits per heavy atom. The number of carbonyl (C=O) groups is 2. The highest BCUT2D eigenvalue weighted by molar-refractivity contribution is 5.95. The molecule has 0 aliphatic carbocycles. The molecule has 0 unspecified atom stereocenters. The van der Waals surface area contributed by atoms with Crippen LogP contribution in [0.2, 0.25) is 0 Å². The molecular weight excluding hydrogens is 513 g/mol. The van der Waals surface area contributed by atoms with E-state index in [1.807, 2.05) is 7.05 Å². The SMILES string of the molecule is CNc1cc([C@@H](C)NC(=O)c2ccc(=O)n(-c3cccc(C(=O)N4CCN(C)CC4)c3)n2)cc(C(F)(F)F)c1. The van der Waals surface area contributed by atoms with Gasteiger partial charge in [-0.2, -0.15) is 23.0 Å². The lowest BCUT2D eigenvalue weighted by Gasteiger charge is -2.32. The van der Waals surface area contributed by atoms with Crippen molar-refractivity contribution in [2.24, 2.45) is 0 Å². The summed E-state index contributed by atoms with van der Waals surface area (Å²) in [6.45, 7) is 4.26. The van der Waals surface area contributed by atoms with Gasteiger partial charge in [0.25, 0.3) is 17.4 Å². The highest BCUT2D eigenvalue weighted by atomic mass is 19.4. The smallest absolute Gasteiger partial charge is 0.388 e. The zero-order chi connectivity index (χ0) is 28.3. The average Bonchev–Trinajstić information content (AvgIpc) is 2.92. The molecule has 2 aromatic carbocycles. The minimum atomic E-state index is -4.55. The van der Waals surface area contributed by atoms with Gasteiger partial charge in [0.15, 0.2) is 0 Å². The van der Waals surface area contributed by atoms with E-state index in [0.717, 1.165) is 29.9 Å². The van der Waals surface area contributed by atoms with Crippen molar-refractivity contribution in [3.63, 3.8) is 0 Å². The quantitative estimate of drug-likeness (QED) is 0.497. The zero-order valence-electron chi connectivity index (χ0n) is 21.7. The fraction of sp³-hybridized carbons (Fsp3) is 0.333. The maximum atomic E-state index is 13.3. The van der Waals surface area contributed by atoms with E-state index in [-0.39, 0.29) is 22.9 Å². The van der Waals surface area contributed by atoms with E-state index in [4.69, 9.17) is 0 Å². The Labute approximate surface area is 223 Å². The van der Waals surface area contributed by atoms with Crippen LogP contribution >= 0.6 is 0 Å². The molecule has 2 heterocycles. The molecule has 1 aromatic heterocycles. The third-order valence-electron chi connectivity index (χ3n) is 6.58. The normalized spacial score (nSPS) is 15.1. The van der Waals surface area contributed by atoms with Gasteiger partial charge in [-0.25, -0.2) is 0 Å². The summed E-state index contributed by atoms with van der Waals surface area (Å²) >= 11 is 0. The Morgan fingerprint density at radius 2 is 1.72 bits per heavy atom. The highest BCUT2D eigenvalue weighted by Gasteiger charge is 2.32. The topological polar surface area (TPSA) is 99.6 Å². The summed E-state index contributed by atoms with van der Waals surface area (Å²) in [5, 5.41) is 9.51. The van der Waals surface area contributed by atoms with Crippen LogP contribution in [-0.2, 0) is 6.18 Å². The van der Waals surface area contributed by atoms with Crippen LogP contribution in [0.25, 0.3) is 5.69 Å². The number of nitrogens with zero attached hydrogens (tertiary/aromatic N) is 4. The predicted molar refractivity (Wildman–Crippen MR) is 140 cm³/mol. The number of nitrogens with one attached hydrogen (secondary N) is 2. The predicted octanol–water partition coefficient (Wildman–Crippen LogP) is 3.17. The van der Waals surface area contributed by atoms with Crippen LogP contribution in [-0.4, -0.2) is 71.7 Å². The number of anilines is 1. The number of alkyl halides is 3. The van der Waals surface area contributed by atoms with Gasteiger partial charge in [-0.3, -0.25) is 14.4 Å². The molecule has 2 N–H and O–H groups in total. The van der Waals surface area contributed by atoms with Crippen molar-refractivity contribution in [2.45, 2.75) is 19.1 Å². The van der Waals surface area contributed by atoms with Gasteiger partial charge in [0.05, 0.1) is 17.3 Å². The van der Waals surface area contributed by atoms with Crippen molar-refractivity contribution >= 4 is 17.5 Å². The summed E-state index contributed by atoms with van der Waals surface area (Å²) in [5.74, 6) is -0.841. The molecule has 2 amide bonds. The maximum absolute atomic E-state index is 13.3. The van der Waals surface area contributed by atoms with Crippen molar-refractivity contribution < 1.29 is 22.8 Å². The monoisotopic (exact) mass is 542 g/mol. The first-order valence-corrected chi connectivity index (χ1v) is 12.4. The molecule has 39 heavy (non-hydrogen) atoms. The van der Waals surface area contributed by atoms with Gasteiger partial charge in [0.1, 0.15) is 5.69 Å². The van der Waals surface area contributed by atoms with Gasteiger partial charge >= 0.3 is 6.18 Å². The van der Waals surface area contributed by atoms with Crippen LogP contribution in [0.15, 0.2) is 59.4 Å². The van der Waals surface area contributed by atoms with E-state index in [1.54, 1.807) is 36.1 Å². The first-order chi connectivity index (χ1) is 18.5. The number of carbonyl (C=O) groups excluding carboxylic acids is 2. The Morgan fingerprint density at radius 3 is 2.38 bits per heavy atom. The largest absolute Gasteiger partial charge is 0.416 e. The highest BCUT2D eigenvalue weighted by Crippen LogP contribution is 2.33. The summed E-state index contributed by atoms with van der Waals surface area (Å²) in [6, 6.07) is 11.5. The third-order valence-corrected chi connectivity index (χ3v) is 6.58. The van der Waals surface area contributed by atoms with Crippen LogP contribution in [0.5, 0.6) is 0 Å². The number of halogens is 3. The van der Waals surface area contributed by atoms with E-state index in [1.165, 1.54) is 25.2 Å². The number of hydrogen-bond donors (Lipinski definition) is 2. The molecule has 0 spiro atoms. The lowest BCUT2D eigenvalue weighted by atomic mass is 10.0. The van der Waals surface area contributed by atoms with E-state index >= 15 is 0 Å². The lowest BCUT2D eigenvalue weighted by Crippen LogP contribution is -2.47. The Bertz CT molecular complexity index is 1430. The molecule has 1 aliphatic heterocycles. The molecule has 1 saturated heterocycles. The lowest BCUT2D eigenvalue weighted by molar-refractivity contribution is -0.137. The van der Waals surface area contributed by atoms with Gasteiger partial charge in [0, 0.05) is 50.5 Å². The second kappa shape index (κ2) is 11.3. The second-order valence-electron chi connectivity index (χ2n) is 9.40. The summed E-state index contributed by atoms with van der Waals surface area (Å²) in [4.78, 5) is 42.5. The van der Waals surface area contributed by atoms with Gasteiger partial charge < -0.3 is 20.4 Å². The minimum Gasteiger partial charge on any atom is -0.388 e. The molecule has 12 heteroatoms. The summed E-state index contributed by atoms with van der Waals surface area (Å²) < 4.78 is 41.0. The van der Waals surface area contributed by atoms with Crippen molar-refractivity contribution in [2.75, 3.05) is 45.6 Å². The van der Waals surface area contributed by atoms with Crippen molar-refractivity contribution in [3.8, 4) is 5.69 Å². The molecule has 0 radical (unpaired) electrons. The van der Waals surface area contributed by atoms with Crippen molar-refractivity contribution in [3.05, 3.63) is 87.3 Å². The van der Waals surface area contributed by atoms with E-state index in [9.17, 15) is 27.6 Å². The Balaban J connectivity index is 1.56. The molecule has 1 aliphatic rings. The third kappa shape index (κ3) is 6.45. The number of rotatable bonds is 6. The fourth-order valence-electron chi connectivity index (χ4n) is 4.24. The summed E-state index contributed by atoms with van der Waals surface area (Å²) in [6.07, 6.45) is -4.55. The van der Waals surface area contributed by atoms with Crippen molar-refractivity contribution in [1.82, 2.24) is 24.9 Å². The Hall–Kier alpha value is -4.19. The minimum absolute atomic E-state index is 0.113. The van der Waals surface area contributed by atoms with E-state index in [2.05, 4.69) is 20.6 Å². The first kappa shape index (κ1) is 27.8. The Kier molecular flexibility index (Phi) is 8.05. The number of piperazine rings is 1. The number of amides is 2. The molecule has 1 fully saturated rings. The molecule has 0 bridgehead atoms. The van der Waals surface area contributed by atoms with Crippen LogP contribution in [0.1, 0.15) is 44.9 Å². The number of likely N-dealkylation sites (N-methyl/N-ethyl adjacent to an activating group) is 1. The molecule has 0 saturated carbocycles. The van der Waals surface area contributed by atoms with Crippen LogP contribution in [0, 0.1) is 0 Å². The van der Waals surface area contributed by atoms with Crippen molar-refractivity contribution in [1.29, 1.82) is 0 Å². The molecule has 206 valence electrons. The molecule has 4 rings (SSSR count). The fourth-order valence-corrected chi connectivity index (χ4v) is 4.24. The molecular formula is C27H29F3N6O3. The first-order valence-electron chi connectivity index (χ1n) is 12.4. The number of aromatic nitrogens is 2.